The van der Waals surface area contributed by atoms with E-state index in [0.29, 0.717) is 6.42 Å². The van der Waals surface area contributed by atoms with Crippen LogP contribution < -0.4 is 5.32 Å². The van der Waals surface area contributed by atoms with Crippen molar-refractivity contribution in [1.29, 1.82) is 0 Å². The fraction of sp³-hybridized carbons (Fsp3) is 0.611. The first-order valence-electron chi connectivity index (χ1n) is 8.34. The summed E-state index contributed by atoms with van der Waals surface area (Å²) in [4.78, 5) is 14.6. The number of nitrogens with one attached hydrogen (secondary N) is 1. The monoisotopic (exact) mass is 304 g/mol. The van der Waals surface area contributed by atoms with Gasteiger partial charge in [0.15, 0.2) is 0 Å². The molecule has 4 heteroatoms. The number of carbonyl (C=O) groups is 1. The SMILES string of the molecule is CCc1ccc(C2CNCCN2C(=O)CCCCOC)cc1. The summed E-state index contributed by atoms with van der Waals surface area (Å²) in [7, 11) is 1.70. The Hall–Kier alpha value is -1.39. The highest BCUT2D eigenvalue weighted by molar-refractivity contribution is 5.76. The van der Waals surface area contributed by atoms with E-state index in [-0.39, 0.29) is 11.9 Å². The highest BCUT2D eigenvalue weighted by Crippen LogP contribution is 2.24. The van der Waals surface area contributed by atoms with Gasteiger partial charge in [0.1, 0.15) is 0 Å². The maximum atomic E-state index is 12.5. The predicted octanol–water partition coefficient (Wildman–Crippen LogP) is 2.54. The van der Waals surface area contributed by atoms with E-state index >= 15 is 0 Å². The van der Waals surface area contributed by atoms with Gasteiger partial charge in [-0.3, -0.25) is 4.79 Å². The minimum absolute atomic E-state index is 0.162. The molecule has 1 unspecified atom stereocenters. The number of amides is 1. The number of hydrogen-bond donors (Lipinski definition) is 1. The van der Waals surface area contributed by atoms with Crippen molar-refractivity contribution >= 4 is 5.91 Å². The molecule has 1 atom stereocenters. The van der Waals surface area contributed by atoms with E-state index in [2.05, 4.69) is 36.5 Å². The number of aryl methyl sites for hydroxylation is 1. The third-order valence-corrected chi connectivity index (χ3v) is 4.33. The summed E-state index contributed by atoms with van der Waals surface area (Å²) in [5.74, 6) is 0.266. The molecular weight excluding hydrogens is 276 g/mol. The number of methoxy groups -OCH3 is 1. The number of unbranched alkanes of at least 4 members (excludes halogenated alkanes) is 1. The number of piperazine rings is 1. The van der Waals surface area contributed by atoms with E-state index in [9.17, 15) is 4.79 Å². The summed E-state index contributed by atoms with van der Waals surface area (Å²) in [6, 6.07) is 8.84. The molecule has 1 aromatic rings. The molecule has 1 aliphatic rings. The van der Waals surface area contributed by atoms with Gasteiger partial charge >= 0.3 is 0 Å². The van der Waals surface area contributed by atoms with Crippen molar-refractivity contribution in [2.24, 2.45) is 0 Å². The molecule has 122 valence electrons. The van der Waals surface area contributed by atoms with Crippen molar-refractivity contribution in [1.82, 2.24) is 10.2 Å². The Balaban J connectivity index is 1.99. The summed E-state index contributed by atoms with van der Waals surface area (Å²) >= 11 is 0. The van der Waals surface area contributed by atoms with Crippen molar-refractivity contribution in [3.8, 4) is 0 Å². The summed E-state index contributed by atoms with van der Waals surface area (Å²) in [5.41, 5.74) is 2.57. The normalized spacial score (nSPS) is 18.5. The number of nitrogens with zero attached hydrogens (tertiary/aromatic N) is 1. The predicted molar refractivity (Wildman–Crippen MR) is 88.9 cm³/mol. The lowest BCUT2D eigenvalue weighted by Crippen LogP contribution is -2.48. The van der Waals surface area contributed by atoms with Crippen LogP contribution in [0.1, 0.15) is 43.4 Å². The fourth-order valence-corrected chi connectivity index (χ4v) is 2.94. The Morgan fingerprint density at radius 3 is 2.77 bits per heavy atom. The average molecular weight is 304 g/mol. The largest absolute Gasteiger partial charge is 0.385 e. The lowest BCUT2D eigenvalue weighted by atomic mass is 10.0. The van der Waals surface area contributed by atoms with Crippen LogP contribution in [0.25, 0.3) is 0 Å². The van der Waals surface area contributed by atoms with E-state index in [1.807, 2.05) is 4.90 Å². The maximum absolute atomic E-state index is 12.5. The first-order chi connectivity index (χ1) is 10.8. The molecule has 1 saturated heterocycles. The van der Waals surface area contributed by atoms with Crippen LogP contribution in [0, 0.1) is 0 Å². The van der Waals surface area contributed by atoms with Crippen LogP contribution in [0.15, 0.2) is 24.3 Å². The molecule has 22 heavy (non-hydrogen) atoms. The van der Waals surface area contributed by atoms with E-state index in [0.717, 1.165) is 45.5 Å². The van der Waals surface area contributed by atoms with Gasteiger partial charge in [0.05, 0.1) is 6.04 Å². The summed E-state index contributed by atoms with van der Waals surface area (Å²) in [5, 5.41) is 3.41. The van der Waals surface area contributed by atoms with Gasteiger partial charge in [-0.1, -0.05) is 31.2 Å². The van der Waals surface area contributed by atoms with Crippen LogP contribution in [0.3, 0.4) is 0 Å². The molecule has 1 amide bonds. The maximum Gasteiger partial charge on any atom is 0.223 e. The summed E-state index contributed by atoms with van der Waals surface area (Å²) < 4.78 is 5.05. The second-order valence-electron chi connectivity index (χ2n) is 5.85. The molecule has 4 nitrogen and oxygen atoms in total. The zero-order valence-corrected chi connectivity index (χ0v) is 13.8. The Labute approximate surface area is 133 Å². The Morgan fingerprint density at radius 2 is 2.09 bits per heavy atom. The molecule has 0 aromatic heterocycles. The second-order valence-corrected chi connectivity index (χ2v) is 5.85. The lowest BCUT2D eigenvalue weighted by molar-refractivity contribution is -0.134. The van der Waals surface area contributed by atoms with Crippen molar-refractivity contribution in [3.63, 3.8) is 0 Å². The zero-order chi connectivity index (χ0) is 15.8. The van der Waals surface area contributed by atoms with Crippen molar-refractivity contribution in [2.45, 2.75) is 38.6 Å². The third-order valence-electron chi connectivity index (χ3n) is 4.33. The molecule has 1 aromatic carbocycles. The van der Waals surface area contributed by atoms with Gasteiger partial charge in [0, 0.05) is 39.8 Å². The molecule has 2 rings (SSSR count). The van der Waals surface area contributed by atoms with Gasteiger partial charge in [0.2, 0.25) is 5.91 Å². The lowest BCUT2D eigenvalue weighted by Gasteiger charge is -2.36. The first kappa shape index (κ1) is 17.0. The molecule has 0 spiro atoms. The summed E-state index contributed by atoms with van der Waals surface area (Å²) in [6.45, 7) is 5.41. The third kappa shape index (κ3) is 4.55. The van der Waals surface area contributed by atoms with Crippen molar-refractivity contribution in [3.05, 3.63) is 35.4 Å². The smallest absolute Gasteiger partial charge is 0.223 e. The van der Waals surface area contributed by atoms with Crippen LogP contribution in [-0.4, -0.2) is 44.2 Å². The van der Waals surface area contributed by atoms with Crippen LogP contribution >= 0.6 is 0 Å². The molecule has 0 radical (unpaired) electrons. The Kier molecular flexibility index (Phi) is 6.87. The number of benzene rings is 1. The van der Waals surface area contributed by atoms with Gasteiger partial charge in [0.25, 0.3) is 0 Å². The van der Waals surface area contributed by atoms with E-state index in [4.69, 9.17) is 4.74 Å². The van der Waals surface area contributed by atoms with E-state index in [1.165, 1.54) is 11.1 Å². The molecular formula is C18H28N2O2. The highest BCUT2D eigenvalue weighted by atomic mass is 16.5. The highest BCUT2D eigenvalue weighted by Gasteiger charge is 2.27. The molecule has 1 aliphatic heterocycles. The molecule has 0 saturated carbocycles. The van der Waals surface area contributed by atoms with Crippen LogP contribution in [0.5, 0.6) is 0 Å². The minimum atomic E-state index is 0.162. The standard InChI is InChI=1S/C18H28N2O2/c1-3-15-7-9-16(10-8-15)17-14-19-11-12-20(17)18(21)6-4-5-13-22-2/h7-10,17,19H,3-6,11-14H2,1-2H3. The van der Waals surface area contributed by atoms with Gasteiger partial charge in [-0.25, -0.2) is 0 Å². The number of hydrogen-bond acceptors (Lipinski definition) is 3. The molecule has 0 bridgehead atoms. The van der Waals surface area contributed by atoms with Gasteiger partial charge in [-0.2, -0.15) is 0 Å². The number of rotatable bonds is 7. The Morgan fingerprint density at radius 1 is 1.32 bits per heavy atom. The van der Waals surface area contributed by atoms with Crippen LogP contribution in [-0.2, 0) is 16.0 Å². The average Bonchev–Trinajstić information content (AvgIpc) is 2.58. The number of ether oxygens (including phenoxy) is 1. The molecule has 1 heterocycles. The quantitative estimate of drug-likeness (QED) is 0.787. The molecule has 0 aliphatic carbocycles. The van der Waals surface area contributed by atoms with Gasteiger partial charge in [-0.15, -0.1) is 0 Å². The van der Waals surface area contributed by atoms with E-state index < -0.39 is 0 Å². The van der Waals surface area contributed by atoms with Crippen molar-refractivity contribution < 1.29 is 9.53 Å². The summed E-state index contributed by atoms with van der Waals surface area (Å²) in [6.07, 6.45) is 3.51. The minimum Gasteiger partial charge on any atom is -0.385 e. The topological polar surface area (TPSA) is 41.6 Å². The first-order valence-corrected chi connectivity index (χ1v) is 8.34. The van der Waals surface area contributed by atoms with Gasteiger partial charge < -0.3 is 15.0 Å². The fourth-order valence-electron chi connectivity index (χ4n) is 2.94. The van der Waals surface area contributed by atoms with Crippen LogP contribution in [0.2, 0.25) is 0 Å². The van der Waals surface area contributed by atoms with Crippen molar-refractivity contribution in [2.75, 3.05) is 33.4 Å². The number of carbonyl (C=O) groups excluding carboxylic acids is 1. The molecule has 1 N–H and O–H groups in total. The zero-order valence-electron chi connectivity index (χ0n) is 13.8. The van der Waals surface area contributed by atoms with Crippen LogP contribution in [0.4, 0.5) is 0 Å². The molecule has 1 fully saturated rings. The second kappa shape index (κ2) is 8.91. The van der Waals surface area contributed by atoms with E-state index in [1.54, 1.807) is 7.11 Å². The Bertz CT molecular complexity index is 459. The van der Waals surface area contributed by atoms with Gasteiger partial charge in [-0.05, 0) is 30.4 Å².